The van der Waals surface area contributed by atoms with Gasteiger partial charge in [-0.15, -0.1) is 0 Å². The molecule has 0 saturated carbocycles. The van der Waals surface area contributed by atoms with Crippen LogP contribution in [0.15, 0.2) is 42.5 Å². The molecule has 0 fully saturated rings. The summed E-state index contributed by atoms with van der Waals surface area (Å²) in [6.07, 6.45) is 0.660. The number of aliphatic hydroxyl groups excluding tert-OH is 1. The van der Waals surface area contributed by atoms with Gasteiger partial charge in [-0.3, -0.25) is 0 Å². The van der Waals surface area contributed by atoms with Crippen LogP contribution >= 0.6 is 0 Å². The molecule has 1 heterocycles. The van der Waals surface area contributed by atoms with E-state index < -0.39 is 0 Å². The van der Waals surface area contributed by atoms with Gasteiger partial charge in [-0.2, -0.15) is 0 Å². The molecule has 0 saturated heterocycles. The fraction of sp³-hybridized carbons (Fsp3) is 0.200. The Bertz CT molecular complexity index is 583. The fourth-order valence-corrected chi connectivity index (χ4v) is 2.48. The van der Waals surface area contributed by atoms with Crippen molar-refractivity contribution in [3.05, 3.63) is 59.4 Å². The average Bonchev–Trinajstić information content (AvgIpc) is 2.83. The van der Waals surface area contributed by atoms with E-state index in [1.54, 1.807) is 6.07 Å². The Morgan fingerprint density at radius 1 is 1.16 bits per heavy atom. The summed E-state index contributed by atoms with van der Waals surface area (Å²) in [5, 5.41) is 8.90. The van der Waals surface area contributed by atoms with Gasteiger partial charge >= 0.3 is 6.92 Å². The van der Waals surface area contributed by atoms with Gasteiger partial charge < -0.3 is 9.76 Å². The molecule has 0 radical (unpaired) electrons. The number of fused-ring (bicyclic) bond motifs is 1. The highest BCUT2D eigenvalue weighted by atomic mass is 19.1. The molecule has 2 aromatic rings. The van der Waals surface area contributed by atoms with Gasteiger partial charge in [-0.25, -0.2) is 4.39 Å². The van der Waals surface area contributed by atoms with Crippen LogP contribution in [0, 0.1) is 5.82 Å². The highest BCUT2D eigenvalue weighted by Gasteiger charge is 2.29. The van der Waals surface area contributed by atoms with E-state index in [1.165, 1.54) is 12.1 Å². The zero-order valence-electron chi connectivity index (χ0n) is 10.5. The van der Waals surface area contributed by atoms with Crippen molar-refractivity contribution in [3.63, 3.8) is 0 Å². The Labute approximate surface area is 112 Å². The molecule has 0 unspecified atom stereocenters. The van der Waals surface area contributed by atoms with Crippen molar-refractivity contribution in [2.24, 2.45) is 0 Å². The van der Waals surface area contributed by atoms with Gasteiger partial charge in [0, 0.05) is 6.61 Å². The van der Waals surface area contributed by atoms with E-state index >= 15 is 0 Å². The molecule has 0 atom stereocenters. The predicted octanol–water partition coefficient (Wildman–Crippen LogP) is 0.996. The van der Waals surface area contributed by atoms with Gasteiger partial charge in [0.05, 0.1) is 6.61 Å². The normalized spacial score (nSPS) is 13.7. The third-order valence-corrected chi connectivity index (χ3v) is 3.48. The smallest absolute Gasteiger partial charge is 0.362 e. The van der Waals surface area contributed by atoms with Crippen molar-refractivity contribution in [1.29, 1.82) is 0 Å². The zero-order chi connectivity index (χ0) is 13.2. The van der Waals surface area contributed by atoms with Crippen LogP contribution in [0.3, 0.4) is 0 Å². The maximum absolute atomic E-state index is 13.1. The number of hydrogen-bond acceptors (Lipinski definition) is 2. The second-order valence-corrected chi connectivity index (χ2v) is 4.75. The lowest BCUT2D eigenvalue weighted by Crippen LogP contribution is -2.41. The highest BCUT2D eigenvalue weighted by Crippen LogP contribution is 2.13. The lowest BCUT2D eigenvalue weighted by molar-refractivity contribution is 0.299. The van der Waals surface area contributed by atoms with Gasteiger partial charge in [0.25, 0.3) is 0 Å². The third-order valence-electron chi connectivity index (χ3n) is 3.48. The molecule has 0 aliphatic carbocycles. The molecule has 0 bridgehead atoms. The second-order valence-electron chi connectivity index (χ2n) is 4.75. The first kappa shape index (κ1) is 12.4. The first-order valence-corrected chi connectivity index (χ1v) is 6.37. The first-order chi connectivity index (χ1) is 9.28. The molecule has 2 aromatic carbocycles. The van der Waals surface area contributed by atoms with Crippen molar-refractivity contribution < 1.29 is 14.2 Å². The Hall–Kier alpha value is -1.65. The first-order valence-electron chi connectivity index (χ1n) is 6.37. The van der Waals surface area contributed by atoms with E-state index in [1.807, 2.05) is 24.3 Å². The molecule has 3 rings (SSSR count). The predicted molar refractivity (Wildman–Crippen MR) is 73.4 cm³/mol. The van der Waals surface area contributed by atoms with Crippen molar-refractivity contribution in [2.45, 2.75) is 13.0 Å². The molecular formula is C15H14BFO2. The highest BCUT2D eigenvalue weighted by molar-refractivity contribution is 6.81. The lowest BCUT2D eigenvalue weighted by atomic mass is 9.56. The van der Waals surface area contributed by atoms with Crippen LogP contribution in [-0.2, 0) is 17.7 Å². The third kappa shape index (κ3) is 2.42. The summed E-state index contributed by atoms with van der Waals surface area (Å²) in [5.41, 5.74) is 4.12. The largest absolute Gasteiger partial charge is 0.423 e. The number of benzene rings is 2. The van der Waals surface area contributed by atoms with Crippen LogP contribution in [0.1, 0.15) is 11.1 Å². The SMILES string of the molecule is OCCc1ccc(B2OCc3cc(F)ccc32)cc1. The molecule has 4 heteroatoms. The standard InChI is InChI=1S/C15H14BFO2/c17-14-5-6-15-12(9-14)10-19-16(15)13-3-1-11(2-4-13)7-8-18/h1-6,9,18H,7-8,10H2. The monoisotopic (exact) mass is 256 g/mol. The summed E-state index contributed by atoms with van der Waals surface area (Å²) in [4.78, 5) is 0. The maximum Gasteiger partial charge on any atom is 0.362 e. The summed E-state index contributed by atoms with van der Waals surface area (Å²) in [5.74, 6) is -0.221. The minimum absolute atomic E-state index is 0.112. The summed E-state index contributed by atoms with van der Waals surface area (Å²) < 4.78 is 18.9. The quantitative estimate of drug-likeness (QED) is 0.830. The molecule has 1 aliphatic heterocycles. The lowest BCUT2D eigenvalue weighted by Gasteiger charge is -2.08. The molecule has 1 aliphatic rings. The van der Waals surface area contributed by atoms with E-state index in [0.717, 1.165) is 22.1 Å². The van der Waals surface area contributed by atoms with Crippen LogP contribution in [0.25, 0.3) is 0 Å². The number of hydrogen-bond donors (Lipinski definition) is 1. The molecule has 19 heavy (non-hydrogen) atoms. The van der Waals surface area contributed by atoms with Crippen LogP contribution in [0.2, 0.25) is 0 Å². The van der Waals surface area contributed by atoms with Gasteiger partial charge in [0.2, 0.25) is 0 Å². The minimum atomic E-state index is -0.221. The van der Waals surface area contributed by atoms with Crippen LogP contribution < -0.4 is 10.9 Å². The van der Waals surface area contributed by atoms with Crippen molar-refractivity contribution >= 4 is 17.8 Å². The summed E-state index contributed by atoms with van der Waals surface area (Å²) in [7, 11) is 0. The minimum Gasteiger partial charge on any atom is -0.423 e. The number of rotatable bonds is 3. The summed E-state index contributed by atoms with van der Waals surface area (Å²) in [6.45, 7) is 0.496. The van der Waals surface area contributed by atoms with E-state index in [4.69, 9.17) is 9.76 Å². The Morgan fingerprint density at radius 3 is 2.68 bits per heavy atom. The molecule has 0 spiro atoms. The van der Waals surface area contributed by atoms with E-state index in [0.29, 0.717) is 13.0 Å². The van der Waals surface area contributed by atoms with Crippen LogP contribution in [0.5, 0.6) is 0 Å². The summed E-state index contributed by atoms with van der Waals surface area (Å²) in [6, 6.07) is 12.8. The Balaban J connectivity index is 1.88. The molecule has 0 amide bonds. The second kappa shape index (κ2) is 5.15. The zero-order valence-corrected chi connectivity index (χ0v) is 10.5. The number of halogens is 1. The molecule has 2 nitrogen and oxygen atoms in total. The summed E-state index contributed by atoms with van der Waals surface area (Å²) >= 11 is 0. The molecule has 1 N–H and O–H groups in total. The number of aliphatic hydroxyl groups is 1. The van der Waals surface area contributed by atoms with Gasteiger partial charge in [0.15, 0.2) is 0 Å². The topological polar surface area (TPSA) is 29.5 Å². The van der Waals surface area contributed by atoms with E-state index in [9.17, 15) is 4.39 Å². The maximum atomic E-state index is 13.1. The van der Waals surface area contributed by atoms with Gasteiger partial charge in [-0.1, -0.05) is 30.3 Å². The average molecular weight is 256 g/mol. The van der Waals surface area contributed by atoms with E-state index in [2.05, 4.69) is 0 Å². The van der Waals surface area contributed by atoms with Crippen molar-refractivity contribution in [3.8, 4) is 0 Å². The van der Waals surface area contributed by atoms with Crippen LogP contribution in [-0.4, -0.2) is 18.6 Å². The molecular weight excluding hydrogens is 242 g/mol. The van der Waals surface area contributed by atoms with Crippen molar-refractivity contribution in [2.75, 3.05) is 6.61 Å². The molecule has 96 valence electrons. The Kier molecular flexibility index (Phi) is 3.36. The Morgan fingerprint density at radius 2 is 1.95 bits per heavy atom. The van der Waals surface area contributed by atoms with Crippen molar-refractivity contribution in [1.82, 2.24) is 0 Å². The fourth-order valence-electron chi connectivity index (χ4n) is 2.48. The van der Waals surface area contributed by atoms with Crippen LogP contribution in [0.4, 0.5) is 4.39 Å². The van der Waals surface area contributed by atoms with E-state index in [-0.39, 0.29) is 19.3 Å². The van der Waals surface area contributed by atoms with Gasteiger partial charge in [0.1, 0.15) is 5.82 Å². The van der Waals surface area contributed by atoms with Gasteiger partial charge in [-0.05, 0) is 40.6 Å². The molecule has 0 aromatic heterocycles.